The van der Waals surface area contributed by atoms with Crippen LogP contribution in [0.15, 0.2) is 36.5 Å². The van der Waals surface area contributed by atoms with Crippen molar-refractivity contribution in [3.8, 4) is 6.07 Å². The maximum Gasteiger partial charge on any atom is 0.417 e. The molecule has 9 heteroatoms. The summed E-state index contributed by atoms with van der Waals surface area (Å²) in [5.41, 5.74) is 0.137. The zero-order valence-electron chi connectivity index (χ0n) is 21.8. The van der Waals surface area contributed by atoms with E-state index in [1.165, 1.54) is 12.1 Å². The van der Waals surface area contributed by atoms with Crippen molar-refractivity contribution in [2.75, 3.05) is 19.6 Å². The van der Waals surface area contributed by atoms with E-state index in [1.54, 1.807) is 17.0 Å². The summed E-state index contributed by atoms with van der Waals surface area (Å²) in [5.74, 6) is 0.0482. The van der Waals surface area contributed by atoms with E-state index >= 15 is 0 Å². The highest BCUT2D eigenvalue weighted by Crippen LogP contribution is 2.57. The summed E-state index contributed by atoms with van der Waals surface area (Å²) in [6.07, 6.45) is 2.73. The van der Waals surface area contributed by atoms with Crippen molar-refractivity contribution >= 4 is 5.91 Å². The van der Waals surface area contributed by atoms with Gasteiger partial charge in [0.1, 0.15) is 5.82 Å². The van der Waals surface area contributed by atoms with E-state index in [2.05, 4.69) is 16.0 Å². The topological polar surface area (TPSA) is 60.2 Å². The molecule has 1 amide bonds. The Kier molecular flexibility index (Phi) is 6.45. The average Bonchev–Trinajstić information content (AvgIpc) is 3.51. The van der Waals surface area contributed by atoms with Gasteiger partial charge < -0.3 is 9.80 Å². The fourth-order valence-electron chi connectivity index (χ4n) is 7.81. The zero-order chi connectivity index (χ0) is 27.4. The lowest BCUT2D eigenvalue weighted by atomic mass is 9.73. The molecular weight excluding hydrogens is 508 g/mol. The first-order chi connectivity index (χ1) is 18.6. The standard InChI is InChI=1S/C30H32F4N4O/c31-24-5-3-21(4-6-24)28(19-35)9-12-37(13-10-28)25-15-22-2-1-8-29(22,16-25)27(39)38-11-7-26-20(18-38)14-23(17-36-26)30(32,33)34/h3-6,14,17,22,25H,1-2,7-13,15-16,18H2/t22-,25+,29-/m1/s1. The lowest BCUT2D eigenvalue weighted by Crippen LogP contribution is -2.48. The molecule has 2 saturated carbocycles. The number of amides is 1. The number of halogens is 4. The Morgan fingerprint density at radius 1 is 1.10 bits per heavy atom. The van der Waals surface area contributed by atoms with Crippen molar-refractivity contribution in [3.63, 3.8) is 0 Å². The van der Waals surface area contributed by atoms with Gasteiger partial charge in [0.2, 0.25) is 5.91 Å². The normalized spacial score (nSPS) is 28.5. The van der Waals surface area contributed by atoms with Gasteiger partial charge in [-0.15, -0.1) is 0 Å². The van der Waals surface area contributed by atoms with Crippen LogP contribution in [0.4, 0.5) is 17.6 Å². The van der Waals surface area contributed by atoms with Gasteiger partial charge in [0.15, 0.2) is 0 Å². The average molecular weight is 541 g/mol. The SMILES string of the molecule is N#CC1(c2ccc(F)cc2)CCN([C@H]2C[C@H]3CCC[C@@]3(C(=O)N3CCc4ncc(C(F)(F)F)cc4C3)C2)CC1. The fourth-order valence-corrected chi connectivity index (χ4v) is 7.81. The number of hydrogen-bond acceptors (Lipinski definition) is 4. The highest BCUT2D eigenvalue weighted by Gasteiger charge is 2.57. The number of nitriles is 1. The third kappa shape index (κ3) is 4.51. The molecular formula is C30H32F4N4O. The van der Waals surface area contributed by atoms with Gasteiger partial charge in [-0.3, -0.25) is 9.78 Å². The van der Waals surface area contributed by atoms with E-state index in [9.17, 15) is 27.6 Å². The number of piperidine rings is 1. The first-order valence-corrected chi connectivity index (χ1v) is 13.9. The summed E-state index contributed by atoms with van der Waals surface area (Å²) in [6, 6.07) is 10.2. The second-order valence-corrected chi connectivity index (χ2v) is 11.9. The number of aromatic nitrogens is 1. The van der Waals surface area contributed by atoms with Gasteiger partial charge >= 0.3 is 6.18 Å². The number of hydrogen-bond donors (Lipinski definition) is 0. The van der Waals surface area contributed by atoms with E-state index < -0.39 is 22.6 Å². The molecule has 0 bridgehead atoms. The molecule has 3 heterocycles. The van der Waals surface area contributed by atoms with Crippen molar-refractivity contribution < 1.29 is 22.4 Å². The lowest BCUT2D eigenvalue weighted by Gasteiger charge is -2.41. The minimum absolute atomic E-state index is 0.0882. The van der Waals surface area contributed by atoms with Crippen LogP contribution < -0.4 is 0 Å². The molecule has 1 aromatic heterocycles. The van der Waals surface area contributed by atoms with Crippen molar-refractivity contribution in [1.82, 2.24) is 14.8 Å². The molecule has 2 aromatic rings. The third-order valence-electron chi connectivity index (χ3n) is 9.97. The summed E-state index contributed by atoms with van der Waals surface area (Å²) >= 11 is 0. The molecule has 3 fully saturated rings. The molecule has 0 N–H and O–H groups in total. The monoisotopic (exact) mass is 540 g/mol. The quantitative estimate of drug-likeness (QED) is 0.474. The number of benzene rings is 1. The van der Waals surface area contributed by atoms with E-state index in [4.69, 9.17) is 0 Å². The van der Waals surface area contributed by atoms with Gasteiger partial charge in [0.25, 0.3) is 0 Å². The first-order valence-electron chi connectivity index (χ1n) is 13.9. The molecule has 39 heavy (non-hydrogen) atoms. The fraction of sp³-hybridized carbons (Fsp3) is 0.567. The predicted octanol–water partition coefficient (Wildman–Crippen LogP) is 5.63. The number of rotatable bonds is 3. The molecule has 0 unspecified atom stereocenters. The van der Waals surface area contributed by atoms with E-state index in [0.29, 0.717) is 37.1 Å². The Morgan fingerprint density at radius 2 is 1.85 bits per heavy atom. The maximum absolute atomic E-state index is 14.1. The number of carbonyl (C=O) groups excluding carboxylic acids is 1. The second kappa shape index (κ2) is 9.58. The molecule has 5 nitrogen and oxygen atoms in total. The predicted molar refractivity (Wildman–Crippen MR) is 136 cm³/mol. The maximum atomic E-state index is 14.1. The summed E-state index contributed by atoms with van der Waals surface area (Å²) in [5, 5.41) is 10.1. The Labute approximate surface area is 225 Å². The Morgan fingerprint density at radius 3 is 2.54 bits per heavy atom. The summed E-state index contributed by atoms with van der Waals surface area (Å²) in [6.45, 7) is 2.15. The van der Waals surface area contributed by atoms with Crippen LogP contribution in [0.25, 0.3) is 0 Å². The molecule has 1 saturated heterocycles. The molecule has 1 aromatic carbocycles. The number of fused-ring (bicyclic) bond motifs is 2. The van der Waals surface area contributed by atoms with Crippen LogP contribution in [-0.2, 0) is 29.4 Å². The van der Waals surface area contributed by atoms with E-state index in [1.807, 2.05) is 0 Å². The van der Waals surface area contributed by atoms with Crippen molar-refractivity contribution in [1.29, 1.82) is 5.26 Å². The van der Waals surface area contributed by atoms with Crippen LogP contribution in [0.1, 0.15) is 67.3 Å². The molecule has 206 valence electrons. The van der Waals surface area contributed by atoms with Gasteiger partial charge in [0.05, 0.1) is 22.5 Å². The van der Waals surface area contributed by atoms with Crippen LogP contribution in [0.3, 0.4) is 0 Å². The molecule has 0 spiro atoms. The van der Waals surface area contributed by atoms with Gasteiger partial charge in [-0.1, -0.05) is 18.6 Å². The first kappa shape index (κ1) is 26.2. The number of alkyl halides is 3. The Balaban J connectivity index is 1.16. The summed E-state index contributed by atoms with van der Waals surface area (Å²) in [4.78, 5) is 22.3. The minimum Gasteiger partial charge on any atom is -0.337 e. The van der Waals surface area contributed by atoms with Crippen LogP contribution in [0, 0.1) is 28.5 Å². The summed E-state index contributed by atoms with van der Waals surface area (Å²) in [7, 11) is 0. The number of nitrogens with zero attached hydrogens (tertiary/aromatic N) is 4. The second-order valence-electron chi connectivity index (χ2n) is 11.9. The van der Waals surface area contributed by atoms with Crippen LogP contribution in [0.2, 0.25) is 0 Å². The van der Waals surface area contributed by atoms with Crippen molar-refractivity contribution in [2.24, 2.45) is 11.3 Å². The largest absolute Gasteiger partial charge is 0.417 e. The number of likely N-dealkylation sites (tertiary alicyclic amines) is 1. The van der Waals surface area contributed by atoms with Crippen molar-refractivity contribution in [2.45, 2.75) is 75.5 Å². The van der Waals surface area contributed by atoms with Gasteiger partial charge in [0, 0.05) is 50.5 Å². The Bertz CT molecular complexity index is 1300. The van der Waals surface area contributed by atoms with Crippen molar-refractivity contribution in [3.05, 3.63) is 64.7 Å². The van der Waals surface area contributed by atoms with Gasteiger partial charge in [-0.05, 0) is 73.8 Å². The number of carbonyl (C=O) groups is 1. The van der Waals surface area contributed by atoms with Gasteiger partial charge in [-0.2, -0.15) is 18.4 Å². The minimum atomic E-state index is -4.46. The third-order valence-corrected chi connectivity index (χ3v) is 9.97. The molecule has 6 rings (SSSR count). The van der Waals surface area contributed by atoms with E-state index in [-0.39, 0.29) is 30.2 Å². The van der Waals surface area contributed by atoms with Crippen LogP contribution in [-0.4, -0.2) is 46.4 Å². The van der Waals surface area contributed by atoms with Crippen LogP contribution in [0.5, 0.6) is 0 Å². The molecule has 2 aliphatic heterocycles. The van der Waals surface area contributed by atoms with E-state index in [0.717, 1.165) is 63.0 Å². The molecule has 3 atom stereocenters. The Hall–Kier alpha value is -2.99. The highest BCUT2D eigenvalue weighted by atomic mass is 19.4. The zero-order valence-corrected chi connectivity index (χ0v) is 21.8. The molecule has 0 radical (unpaired) electrons. The molecule has 2 aliphatic carbocycles. The smallest absolute Gasteiger partial charge is 0.337 e. The summed E-state index contributed by atoms with van der Waals surface area (Å²) < 4.78 is 53.3. The lowest BCUT2D eigenvalue weighted by molar-refractivity contribution is -0.144. The van der Waals surface area contributed by atoms with Crippen LogP contribution >= 0.6 is 0 Å². The van der Waals surface area contributed by atoms with Gasteiger partial charge in [-0.25, -0.2) is 4.39 Å². The highest BCUT2D eigenvalue weighted by molar-refractivity contribution is 5.84. The molecule has 4 aliphatic rings. The number of pyridine rings is 1.